The van der Waals surface area contributed by atoms with E-state index in [9.17, 15) is 0 Å². The largest absolute Gasteiger partial charge is 0.244 e. The summed E-state index contributed by atoms with van der Waals surface area (Å²) in [5, 5.41) is 0.948. The van der Waals surface area contributed by atoms with Gasteiger partial charge in [-0.05, 0) is 47.0 Å². The number of hydrogen-bond donors (Lipinski definition) is 0. The minimum absolute atomic E-state index is 0.931. The highest BCUT2D eigenvalue weighted by Gasteiger charge is 2.06. The van der Waals surface area contributed by atoms with Crippen molar-refractivity contribution in [3.8, 4) is 0 Å². The molecule has 0 spiro atoms. The van der Waals surface area contributed by atoms with Gasteiger partial charge >= 0.3 is 0 Å². The molecular weight excluding hydrogens is 284 g/mol. The van der Waals surface area contributed by atoms with E-state index in [0.29, 0.717) is 0 Å². The highest BCUT2D eigenvalue weighted by Crippen LogP contribution is 2.33. The Balaban J connectivity index is 2.34. The number of hydrogen-bond acceptors (Lipinski definition) is 3. The average molecular weight is 295 g/mol. The molecule has 1 heterocycles. The topological polar surface area (TPSA) is 25.8 Å². The molecule has 0 saturated heterocycles. The van der Waals surface area contributed by atoms with E-state index < -0.39 is 0 Å². The molecule has 0 amide bonds. The van der Waals surface area contributed by atoms with Gasteiger partial charge in [0.1, 0.15) is 11.4 Å². The molecule has 0 unspecified atom stereocenters. The lowest BCUT2D eigenvalue weighted by Crippen LogP contribution is -1.86. The van der Waals surface area contributed by atoms with Crippen LogP contribution in [0, 0.1) is 13.8 Å². The maximum absolute atomic E-state index is 4.25. The minimum Gasteiger partial charge on any atom is -0.244 e. The highest BCUT2D eigenvalue weighted by molar-refractivity contribution is 9.10. The van der Waals surface area contributed by atoms with Crippen molar-refractivity contribution in [3.05, 3.63) is 46.3 Å². The Morgan fingerprint density at radius 3 is 2.81 bits per heavy atom. The van der Waals surface area contributed by atoms with Crippen molar-refractivity contribution in [3.63, 3.8) is 0 Å². The number of nitrogens with zero attached hydrogens (tertiary/aromatic N) is 2. The van der Waals surface area contributed by atoms with E-state index in [4.69, 9.17) is 0 Å². The van der Waals surface area contributed by atoms with Crippen molar-refractivity contribution in [2.45, 2.75) is 23.8 Å². The zero-order valence-electron chi connectivity index (χ0n) is 9.07. The van der Waals surface area contributed by atoms with E-state index >= 15 is 0 Å². The summed E-state index contributed by atoms with van der Waals surface area (Å²) in [6, 6.07) is 6.43. The fourth-order valence-electron chi connectivity index (χ4n) is 1.30. The van der Waals surface area contributed by atoms with Crippen molar-refractivity contribution in [1.82, 2.24) is 9.97 Å². The second-order valence-electron chi connectivity index (χ2n) is 3.55. The molecule has 2 nitrogen and oxygen atoms in total. The fourth-order valence-corrected chi connectivity index (χ4v) is 2.69. The maximum Gasteiger partial charge on any atom is 0.118 e. The van der Waals surface area contributed by atoms with Gasteiger partial charge in [0.2, 0.25) is 0 Å². The van der Waals surface area contributed by atoms with Crippen LogP contribution >= 0.6 is 27.7 Å². The normalized spacial score (nSPS) is 10.4. The number of benzene rings is 1. The Morgan fingerprint density at radius 2 is 2.06 bits per heavy atom. The monoisotopic (exact) mass is 294 g/mol. The van der Waals surface area contributed by atoms with Crippen LogP contribution in [0.5, 0.6) is 0 Å². The molecule has 0 N–H and O–H groups in total. The van der Waals surface area contributed by atoms with Crippen LogP contribution in [0.1, 0.15) is 11.1 Å². The number of halogens is 1. The Kier molecular flexibility index (Phi) is 3.61. The Hall–Kier alpha value is -0.870. The van der Waals surface area contributed by atoms with Gasteiger partial charge in [-0.1, -0.05) is 23.9 Å². The van der Waals surface area contributed by atoms with Crippen molar-refractivity contribution in [2.75, 3.05) is 0 Å². The molecule has 0 aliphatic rings. The van der Waals surface area contributed by atoms with Crippen LogP contribution in [0.4, 0.5) is 0 Å². The summed E-state index contributed by atoms with van der Waals surface area (Å²) in [5.74, 6) is 0. The van der Waals surface area contributed by atoms with Gasteiger partial charge in [0.05, 0.1) is 4.47 Å². The van der Waals surface area contributed by atoms with Crippen molar-refractivity contribution < 1.29 is 0 Å². The Labute approximate surface area is 108 Å². The van der Waals surface area contributed by atoms with Gasteiger partial charge in [0, 0.05) is 11.1 Å². The zero-order chi connectivity index (χ0) is 11.5. The summed E-state index contributed by atoms with van der Waals surface area (Å²) in [6.45, 7) is 4.20. The van der Waals surface area contributed by atoms with E-state index in [1.54, 1.807) is 24.3 Å². The summed E-state index contributed by atoms with van der Waals surface area (Å²) < 4.78 is 0.931. The average Bonchev–Trinajstić information content (AvgIpc) is 2.27. The van der Waals surface area contributed by atoms with Crippen LogP contribution in [0.3, 0.4) is 0 Å². The molecule has 0 saturated carbocycles. The van der Waals surface area contributed by atoms with Crippen LogP contribution in [0.2, 0.25) is 0 Å². The van der Waals surface area contributed by atoms with E-state index in [-0.39, 0.29) is 0 Å². The molecule has 0 bridgehead atoms. The smallest absolute Gasteiger partial charge is 0.118 e. The summed E-state index contributed by atoms with van der Waals surface area (Å²) in [4.78, 5) is 9.44. The molecular formula is C12H11BrN2S. The molecule has 0 aliphatic carbocycles. The first-order valence-corrected chi connectivity index (χ1v) is 6.48. The molecule has 0 fully saturated rings. The molecule has 0 atom stereocenters. The van der Waals surface area contributed by atoms with Crippen molar-refractivity contribution in [1.29, 1.82) is 0 Å². The number of rotatable bonds is 2. The molecule has 82 valence electrons. The van der Waals surface area contributed by atoms with Gasteiger partial charge < -0.3 is 0 Å². The van der Waals surface area contributed by atoms with E-state index in [1.807, 2.05) is 0 Å². The van der Waals surface area contributed by atoms with Crippen LogP contribution < -0.4 is 0 Å². The molecule has 1 aromatic heterocycles. The van der Waals surface area contributed by atoms with E-state index in [2.05, 4.69) is 57.9 Å². The first-order valence-electron chi connectivity index (χ1n) is 4.87. The predicted molar refractivity (Wildman–Crippen MR) is 69.8 cm³/mol. The maximum atomic E-state index is 4.25. The summed E-state index contributed by atoms with van der Waals surface area (Å²) in [6.07, 6.45) is 3.33. The zero-order valence-corrected chi connectivity index (χ0v) is 11.5. The third kappa shape index (κ3) is 2.62. The fraction of sp³-hybridized carbons (Fsp3) is 0.167. The summed E-state index contributed by atoms with van der Waals surface area (Å²) in [5.41, 5.74) is 2.53. The first kappa shape index (κ1) is 11.6. The van der Waals surface area contributed by atoms with Gasteiger partial charge in [-0.3, -0.25) is 0 Å². The van der Waals surface area contributed by atoms with E-state index in [0.717, 1.165) is 9.50 Å². The SMILES string of the molecule is Cc1ccc(C)c(Sc2ncncc2Br)c1. The molecule has 0 radical (unpaired) electrons. The van der Waals surface area contributed by atoms with Gasteiger partial charge in [-0.25, -0.2) is 9.97 Å². The third-order valence-electron chi connectivity index (χ3n) is 2.18. The van der Waals surface area contributed by atoms with Crippen LogP contribution in [-0.2, 0) is 0 Å². The van der Waals surface area contributed by atoms with Crippen LogP contribution in [0.15, 0.2) is 45.1 Å². The van der Waals surface area contributed by atoms with Gasteiger partial charge in [0.15, 0.2) is 0 Å². The van der Waals surface area contributed by atoms with E-state index in [1.165, 1.54) is 16.0 Å². The highest BCUT2D eigenvalue weighted by atomic mass is 79.9. The first-order chi connectivity index (χ1) is 7.66. The molecule has 16 heavy (non-hydrogen) atoms. The van der Waals surface area contributed by atoms with Gasteiger partial charge in [-0.2, -0.15) is 0 Å². The molecule has 4 heteroatoms. The van der Waals surface area contributed by atoms with Crippen molar-refractivity contribution in [2.24, 2.45) is 0 Å². The Bertz CT molecular complexity index is 514. The van der Waals surface area contributed by atoms with Gasteiger partial charge in [-0.15, -0.1) is 0 Å². The van der Waals surface area contributed by atoms with Crippen molar-refractivity contribution >= 4 is 27.7 Å². The quantitative estimate of drug-likeness (QED) is 0.783. The third-order valence-corrected chi connectivity index (χ3v) is 4.21. The number of aromatic nitrogens is 2. The minimum atomic E-state index is 0.931. The standard InChI is InChI=1S/C12H11BrN2S/c1-8-3-4-9(2)11(5-8)16-12-10(13)6-14-7-15-12/h3-7H,1-2H3. The lowest BCUT2D eigenvalue weighted by molar-refractivity contribution is 1.02. The molecule has 0 aliphatic heterocycles. The molecule has 2 rings (SSSR count). The molecule has 1 aromatic carbocycles. The lowest BCUT2D eigenvalue weighted by Gasteiger charge is -2.06. The summed E-state index contributed by atoms with van der Waals surface area (Å²) in [7, 11) is 0. The summed E-state index contributed by atoms with van der Waals surface area (Å²) >= 11 is 5.11. The Morgan fingerprint density at radius 1 is 1.25 bits per heavy atom. The lowest BCUT2D eigenvalue weighted by atomic mass is 10.2. The van der Waals surface area contributed by atoms with Gasteiger partial charge in [0.25, 0.3) is 0 Å². The van der Waals surface area contributed by atoms with Crippen LogP contribution in [0.25, 0.3) is 0 Å². The second kappa shape index (κ2) is 4.97. The predicted octanol–water partition coefficient (Wildman–Crippen LogP) is 4.01. The number of aryl methyl sites for hydroxylation is 2. The van der Waals surface area contributed by atoms with Crippen LogP contribution in [-0.4, -0.2) is 9.97 Å². The second-order valence-corrected chi connectivity index (χ2v) is 5.43. The molecule has 2 aromatic rings.